The lowest BCUT2D eigenvalue weighted by atomic mass is 10.0. The second-order valence-electron chi connectivity index (χ2n) is 6.85. The van der Waals surface area contributed by atoms with Crippen LogP contribution in [0.5, 0.6) is 0 Å². The fraction of sp³-hybridized carbons (Fsp3) is 0.474. The average Bonchev–Trinajstić information content (AvgIpc) is 2.51. The van der Waals surface area contributed by atoms with Crippen molar-refractivity contribution >= 4 is 0 Å². The standard InChI is InChI=1S/C19H25N3O/c1-12(2)18-20-17-11-22(9-8-16(17)19(23)21-18)10-15-7-5-6-13(3)14(15)4/h5-7,12H,8-11H2,1-4H3,(H,20,21,23). The number of aryl methyl sites for hydroxylation is 1. The zero-order valence-electron chi connectivity index (χ0n) is 14.4. The summed E-state index contributed by atoms with van der Waals surface area (Å²) in [5, 5.41) is 0. The van der Waals surface area contributed by atoms with Crippen LogP contribution >= 0.6 is 0 Å². The van der Waals surface area contributed by atoms with E-state index < -0.39 is 0 Å². The molecule has 0 fully saturated rings. The zero-order valence-corrected chi connectivity index (χ0v) is 14.4. The molecule has 0 amide bonds. The SMILES string of the molecule is Cc1cccc(CN2CCc3c(nc(C(C)C)[nH]c3=O)C2)c1C. The first-order chi connectivity index (χ1) is 11.0. The quantitative estimate of drug-likeness (QED) is 0.947. The molecule has 0 aliphatic carbocycles. The first kappa shape index (κ1) is 15.9. The molecule has 0 bridgehead atoms. The van der Waals surface area contributed by atoms with E-state index in [1.807, 2.05) is 0 Å². The molecule has 2 aromatic rings. The summed E-state index contributed by atoms with van der Waals surface area (Å²) in [5.74, 6) is 1.03. The van der Waals surface area contributed by atoms with Gasteiger partial charge < -0.3 is 4.98 Å². The first-order valence-corrected chi connectivity index (χ1v) is 8.35. The van der Waals surface area contributed by atoms with Gasteiger partial charge in [0.1, 0.15) is 5.82 Å². The predicted octanol–water partition coefficient (Wildman–Crippen LogP) is 3.07. The van der Waals surface area contributed by atoms with Crippen LogP contribution in [0.4, 0.5) is 0 Å². The van der Waals surface area contributed by atoms with E-state index in [1.54, 1.807) is 0 Å². The molecular weight excluding hydrogens is 286 g/mol. The van der Waals surface area contributed by atoms with E-state index in [0.717, 1.165) is 43.1 Å². The molecule has 0 atom stereocenters. The molecule has 122 valence electrons. The van der Waals surface area contributed by atoms with Crippen LogP contribution in [0.2, 0.25) is 0 Å². The molecule has 4 nitrogen and oxygen atoms in total. The minimum absolute atomic E-state index is 0.0464. The van der Waals surface area contributed by atoms with Crippen molar-refractivity contribution in [3.8, 4) is 0 Å². The van der Waals surface area contributed by atoms with Crippen molar-refractivity contribution in [1.82, 2.24) is 14.9 Å². The summed E-state index contributed by atoms with van der Waals surface area (Å²) < 4.78 is 0. The third-order valence-corrected chi connectivity index (χ3v) is 4.83. The lowest BCUT2D eigenvalue weighted by Gasteiger charge is -2.28. The second-order valence-corrected chi connectivity index (χ2v) is 6.85. The number of fused-ring (bicyclic) bond motifs is 1. The van der Waals surface area contributed by atoms with Gasteiger partial charge in [0.15, 0.2) is 0 Å². The van der Waals surface area contributed by atoms with Gasteiger partial charge in [-0.05, 0) is 37.0 Å². The van der Waals surface area contributed by atoms with E-state index in [9.17, 15) is 4.79 Å². The van der Waals surface area contributed by atoms with Gasteiger partial charge in [-0.1, -0.05) is 32.0 Å². The Hall–Kier alpha value is -1.94. The Kier molecular flexibility index (Phi) is 4.35. The Bertz CT molecular complexity index is 777. The molecule has 0 radical (unpaired) electrons. The topological polar surface area (TPSA) is 49.0 Å². The van der Waals surface area contributed by atoms with Crippen LogP contribution in [-0.2, 0) is 19.5 Å². The Morgan fingerprint density at radius 1 is 1.30 bits per heavy atom. The third-order valence-electron chi connectivity index (χ3n) is 4.83. The molecule has 1 aliphatic rings. The first-order valence-electron chi connectivity index (χ1n) is 8.35. The number of hydrogen-bond donors (Lipinski definition) is 1. The summed E-state index contributed by atoms with van der Waals surface area (Å²) >= 11 is 0. The number of nitrogens with zero attached hydrogens (tertiary/aromatic N) is 2. The van der Waals surface area contributed by atoms with Crippen LogP contribution in [-0.4, -0.2) is 21.4 Å². The molecule has 2 heterocycles. The summed E-state index contributed by atoms with van der Waals surface area (Å²) in [6.45, 7) is 11.0. The van der Waals surface area contributed by atoms with Gasteiger partial charge in [-0.3, -0.25) is 9.69 Å². The van der Waals surface area contributed by atoms with Crippen LogP contribution in [0.1, 0.15) is 53.5 Å². The Balaban J connectivity index is 1.85. The number of rotatable bonds is 3. The summed E-state index contributed by atoms with van der Waals surface area (Å²) in [6.07, 6.45) is 0.779. The van der Waals surface area contributed by atoms with Gasteiger partial charge in [-0.15, -0.1) is 0 Å². The van der Waals surface area contributed by atoms with E-state index in [0.29, 0.717) is 0 Å². The highest BCUT2D eigenvalue weighted by Gasteiger charge is 2.22. The molecule has 1 aromatic heterocycles. The van der Waals surface area contributed by atoms with Crippen molar-refractivity contribution in [1.29, 1.82) is 0 Å². The average molecular weight is 311 g/mol. The van der Waals surface area contributed by atoms with E-state index in [1.165, 1.54) is 16.7 Å². The molecule has 1 aromatic carbocycles. The lowest BCUT2D eigenvalue weighted by molar-refractivity contribution is 0.239. The smallest absolute Gasteiger partial charge is 0.254 e. The van der Waals surface area contributed by atoms with Gasteiger partial charge in [-0.25, -0.2) is 4.98 Å². The molecule has 1 N–H and O–H groups in total. The Labute approximate surface area is 137 Å². The van der Waals surface area contributed by atoms with Gasteiger partial charge in [0.2, 0.25) is 0 Å². The van der Waals surface area contributed by atoms with Crippen LogP contribution in [0.25, 0.3) is 0 Å². The molecule has 4 heteroatoms. The van der Waals surface area contributed by atoms with Crippen LogP contribution in [0, 0.1) is 13.8 Å². The number of aromatic amines is 1. The molecular formula is C19H25N3O. The highest BCUT2D eigenvalue weighted by atomic mass is 16.1. The number of benzene rings is 1. The van der Waals surface area contributed by atoms with Crippen molar-refractivity contribution in [2.75, 3.05) is 6.54 Å². The zero-order chi connectivity index (χ0) is 16.6. The molecule has 0 saturated heterocycles. The second kappa shape index (κ2) is 6.28. The van der Waals surface area contributed by atoms with Gasteiger partial charge in [0.05, 0.1) is 5.69 Å². The predicted molar refractivity (Wildman–Crippen MR) is 92.7 cm³/mol. The highest BCUT2D eigenvalue weighted by Crippen LogP contribution is 2.20. The minimum atomic E-state index is 0.0464. The summed E-state index contributed by atoms with van der Waals surface area (Å²) in [5.41, 5.74) is 5.92. The minimum Gasteiger partial charge on any atom is -0.310 e. The number of aromatic nitrogens is 2. The summed E-state index contributed by atoms with van der Waals surface area (Å²) in [7, 11) is 0. The lowest BCUT2D eigenvalue weighted by Crippen LogP contribution is -2.35. The maximum absolute atomic E-state index is 12.2. The molecule has 0 spiro atoms. The van der Waals surface area contributed by atoms with Crippen molar-refractivity contribution in [2.45, 2.75) is 53.1 Å². The summed E-state index contributed by atoms with van der Waals surface area (Å²) in [4.78, 5) is 22.3. The Morgan fingerprint density at radius 2 is 2.09 bits per heavy atom. The maximum atomic E-state index is 12.2. The normalized spacial score (nSPS) is 15.0. The van der Waals surface area contributed by atoms with Gasteiger partial charge in [0.25, 0.3) is 5.56 Å². The number of H-pyrrole nitrogens is 1. The Morgan fingerprint density at radius 3 is 2.83 bits per heavy atom. The monoisotopic (exact) mass is 311 g/mol. The fourth-order valence-corrected chi connectivity index (χ4v) is 3.15. The number of hydrogen-bond acceptors (Lipinski definition) is 3. The van der Waals surface area contributed by atoms with E-state index in [-0.39, 0.29) is 11.5 Å². The van der Waals surface area contributed by atoms with E-state index in [2.05, 4.69) is 55.8 Å². The maximum Gasteiger partial charge on any atom is 0.254 e. The van der Waals surface area contributed by atoms with Gasteiger partial charge in [-0.2, -0.15) is 0 Å². The van der Waals surface area contributed by atoms with Crippen LogP contribution < -0.4 is 5.56 Å². The van der Waals surface area contributed by atoms with E-state index in [4.69, 9.17) is 4.98 Å². The highest BCUT2D eigenvalue weighted by molar-refractivity contribution is 5.33. The van der Waals surface area contributed by atoms with E-state index >= 15 is 0 Å². The third kappa shape index (κ3) is 3.22. The van der Waals surface area contributed by atoms with Gasteiger partial charge in [0, 0.05) is 31.1 Å². The molecule has 0 saturated carbocycles. The number of nitrogens with one attached hydrogen (secondary N) is 1. The molecule has 1 aliphatic heterocycles. The van der Waals surface area contributed by atoms with Crippen LogP contribution in [0.3, 0.4) is 0 Å². The molecule has 23 heavy (non-hydrogen) atoms. The van der Waals surface area contributed by atoms with Gasteiger partial charge >= 0.3 is 0 Å². The van der Waals surface area contributed by atoms with Crippen molar-refractivity contribution in [2.24, 2.45) is 0 Å². The molecule has 3 rings (SSSR count). The summed E-state index contributed by atoms with van der Waals surface area (Å²) in [6, 6.07) is 6.47. The molecule has 0 unspecified atom stereocenters. The largest absolute Gasteiger partial charge is 0.310 e. The van der Waals surface area contributed by atoms with Crippen LogP contribution in [0.15, 0.2) is 23.0 Å². The fourth-order valence-electron chi connectivity index (χ4n) is 3.15. The van der Waals surface area contributed by atoms with Crippen molar-refractivity contribution < 1.29 is 0 Å². The van der Waals surface area contributed by atoms with Crippen molar-refractivity contribution in [3.63, 3.8) is 0 Å². The van der Waals surface area contributed by atoms with Crippen molar-refractivity contribution in [3.05, 3.63) is 62.3 Å².